The maximum absolute atomic E-state index is 9.31. The number of aliphatic hydroxyl groups excluding tert-OH is 1. The van der Waals surface area contributed by atoms with E-state index in [-0.39, 0.29) is 12.4 Å². The van der Waals surface area contributed by atoms with Gasteiger partial charge in [-0.15, -0.1) is 0 Å². The third-order valence-electron chi connectivity index (χ3n) is 2.93. The van der Waals surface area contributed by atoms with Crippen molar-refractivity contribution in [2.24, 2.45) is 0 Å². The van der Waals surface area contributed by atoms with Crippen LogP contribution in [0.5, 0.6) is 11.5 Å². The van der Waals surface area contributed by atoms with Gasteiger partial charge >= 0.3 is 0 Å². The Morgan fingerprint density at radius 2 is 1.91 bits per heavy atom. The summed E-state index contributed by atoms with van der Waals surface area (Å²) in [5.41, 5.74) is 6.32. The lowest BCUT2D eigenvalue weighted by Gasteiger charge is -2.11. The lowest BCUT2D eigenvalue weighted by molar-refractivity contribution is 0.271. The molecule has 6 nitrogen and oxygen atoms in total. The number of nitrogens with two attached hydrogens (primary N) is 1. The van der Waals surface area contributed by atoms with Crippen LogP contribution in [0.25, 0.3) is 0 Å². The maximum Gasteiger partial charge on any atom is 0.170 e. The zero-order valence-electron chi connectivity index (χ0n) is 12.1. The summed E-state index contributed by atoms with van der Waals surface area (Å²) in [4.78, 5) is 13.3. The van der Waals surface area contributed by atoms with Crippen LogP contribution in [-0.2, 0) is 6.61 Å². The highest BCUT2D eigenvalue weighted by molar-refractivity contribution is 7.99. The summed E-state index contributed by atoms with van der Waals surface area (Å²) in [6.45, 7) is -0.216. The summed E-state index contributed by atoms with van der Waals surface area (Å²) in [7, 11) is 0. The smallest absolute Gasteiger partial charge is 0.170 e. The van der Waals surface area contributed by atoms with Crippen molar-refractivity contribution in [2.45, 2.75) is 16.5 Å². The van der Waals surface area contributed by atoms with Crippen molar-refractivity contribution in [3.63, 3.8) is 0 Å². The Hall–Kier alpha value is -2.64. The summed E-state index contributed by atoms with van der Waals surface area (Å²) in [6, 6.07) is 10.9. The molecule has 0 aliphatic carbocycles. The van der Waals surface area contributed by atoms with Gasteiger partial charge in [-0.3, -0.25) is 4.98 Å². The summed E-state index contributed by atoms with van der Waals surface area (Å²) in [6.07, 6.45) is 4.98. The molecule has 0 radical (unpaired) electrons. The van der Waals surface area contributed by atoms with Gasteiger partial charge in [0.25, 0.3) is 0 Å². The molecule has 0 saturated carbocycles. The van der Waals surface area contributed by atoms with Crippen LogP contribution < -0.4 is 10.5 Å². The van der Waals surface area contributed by atoms with Crippen molar-refractivity contribution < 1.29 is 9.84 Å². The monoisotopic (exact) mass is 326 g/mol. The van der Waals surface area contributed by atoms with Crippen LogP contribution in [0.3, 0.4) is 0 Å². The van der Waals surface area contributed by atoms with Crippen molar-refractivity contribution >= 4 is 17.6 Å². The molecule has 3 N–H and O–H groups in total. The minimum Gasteiger partial charge on any atom is -0.451 e. The minimum absolute atomic E-state index is 0.216. The number of aromatic nitrogens is 3. The number of ether oxygens (including phenoxy) is 1. The minimum atomic E-state index is -0.216. The predicted molar refractivity (Wildman–Crippen MR) is 87.2 cm³/mol. The van der Waals surface area contributed by atoms with Gasteiger partial charge < -0.3 is 15.6 Å². The van der Waals surface area contributed by atoms with Crippen molar-refractivity contribution in [3.05, 3.63) is 60.7 Å². The van der Waals surface area contributed by atoms with Crippen molar-refractivity contribution in [2.75, 3.05) is 5.73 Å². The number of nitrogen functional groups attached to an aromatic ring is 1. The van der Waals surface area contributed by atoms with Crippen LogP contribution >= 0.6 is 11.8 Å². The van der Waals surface area contributed by atoms with E-state index in [0.717, 1.165) is 9.92 Å². The predicted octanol–water partition coefficient (Wildman–Crippen LogP) is 2.89. The normalized spacial score (nSPS) is 10.5. The molecule has 0 aromatic carbocycles. The first kappa shape index (κ1) is 15.3. The lowest BCUT2D eigenvalue weighted by atomic mass is 10.3. The molecule has 0 spiro atoms. The molecule has 0 aliphatic heterocycles. The van der Waals surface area contributed by atoms with E-state index in [9.17, 15) is 5.11 Å². The number of aliphatic hydroxyl groups is 1. The second-order valence-corrected chi connectivity index (χ2v) is 5.63. The topological polar surface area (TPSA) is 94.2 Å². The van der Waals surface area contributed by atoms with Crippen molar-refractivity contribution in [1.29, 1.82) is 0 Å². The van der Waals surface area contributed by atoms with Crippen LogP contribution in [0, 0.1) is 0 Å². The Labute approximate surface area is 137 Å². The molecule has 0 aliphatic rings. The van der Waals surface area contributed by atoms with E-state index in [1.54, 1.807) is 36.8 Å². The summed E-state index contributed by atoms with van der Waals surface area (Å²) >= 11 is 1.46. The molecular weight excluding hydrogens is 312 g/mol. The summed E-state index contributed by atoms with van der Waals surface area (Å²) < 4.78 is 5.77. The zero-order valence-corrected chi connectivity index (χ0v) is 12.9. The second kappa shape index (κ2) is 7.08. The molecule has 23 heavy (non-hydrogen) atoms. The highest BCUT2D eigenvalue weighted by Gasteiger charge is 2.10. The van der Waals surface area contributed by atoms with Gasteiger partial charge in [0.2, 0.25) is 0 Å². The molecule has 3 rings (SSSR count). The fourth-order valence-corrected chi connectivity index (χ4v) is 2.63. The Balaban J connectivity index is 1.86. The molecule has 3 aromatic rings. The number of hydrogen-bond donors (Lipinski definition) is 2. The van der Waals surface area contributed by atoms with Crippen molar-refractivity contribution in [1.82, 2.24) is 15.0 Å². The van der Waals surface area contributed by atoms with Gasteiger partial charge in [-0.2, -0.15) is 0 Å². The Morgan fingerprint density at radius 1 is 1.04 bits per heavy atom. The number of nitrogens with zero attached hydrogens (tertiary/aromatic N) is 3. The molecule has 0 bridgehead atoms. The average Bonchev–Trinajstić information content (AvgIpc) is 2.59. The fourth-order valence-electron chi connectivity index (χ4n) is 1.86. The van der Waals surface area contributed by atoms with Gasteiger partial charge in [0.05, 0.1) is 6.61 Å². The van der Waals surface area contributed by atoms with E-state index in [0.29, 0.717) is 17.2 Å². The molecular formula is C16H14N4O2S. The zero-order chi connectivity index (χ0) is 16.1. The number of rotatable bonds is 5. The summed E-state index contributed by atoms with van der Waals surface area (Å²) in [5, 5.41) is 10.2. The van der Waals surface area contributed by atoms with Crippen LogP contribution in [0.2, 0.25) is 0 Å². The molecule has 0 atom stereocenters. The Bertz CT molecular complexity index is 799. The SMILES string of the molecule is Nc1ncc(Sc2ccccn2)cc1Oc1cccnc1CO. The third kappa shape index (κ3) is 3.77. The highest BCUT2D eigenvalue weighted by atomic mass is 32.2. The number of pyridine rings is 3. The van der Waals surface area contributed by atoms with Crippen LogP contribution in [0.4, 0.5) is 5.82 Å². The quantitative estimate of drug-likeness (QED) is 0.744. The van der Waals surface area contributed by atoms with Gasteiger partial charge in [0.1, 0.15) is 10.7 Å². The molecule has 3 heterocycles. The second-order valence-electron chi connectivity index (χ2n) is 4.53. The van der Waals surface area contributed by atoms with Gasteiger partial charge in [-0.25, -0.2) is 9.97 Å². The standard InChI is InChI=1S/C16H14N4O2S/c17-16-14(22-13-4-3-7-18-12(13)10-21)8-11(9-20-16)23-15-5-1-2-6-19-15/h1-9,21H,10H2,(H2,17,20). The Morgan fingerprint density at radius 3 is 2.70 bits per heavy atom. The van der Waals surface area contributed by atoms with Gasteiger partial charge in [-0.1, -0.05) is 17.8 Å². The Kier molecular flexibility index (Phi) is 4.70. The van der Waals surface area contributed by atoms with E-state index >= 15 is 0 Å². The van der Waals surface area contributed by atoms with Crippen LogP contribution in [0.1, 0.15) is 5.69 Å². The summed E-state index contributed by atoms with van der Waals surface area (Å²) in [5.74, 6) is 1.13. The first-order valence-corrected chi connectivity index (χ1v) is 7.65. The number of anilines is 1. The number of hydrogen-bond acceptors (Lipinski definition) is 7. The highest BCUT2D eigenvalue weighted by Crippen LogP contribution is 2.33. The first-order valence-electron chi connectivity index (χ1n) is 6.83. The molecule has 0 unspecified atom stereocenters. The van der Waals surface area contributed by atoms with Crippen LogP contribution in [0.15, 0.2) is 64.9 Å². The van der Waals surface area contributed by atoms with Gasteiger partial charge in [0, 0.05) is 29.6 Å². The first-order chi connectivity index (χ1) is 11.3. The van der Waals surface area contributed by atoms with E-state index in [4.69, 9.17) is 10.5 Å². The molecule has 0 fully saturated rings. The van der Waals surface area contributed by atoms with E-state index in [2.05, 4.69) is 15.0 Å². The van der Waals surface area contributed by atoms with Crippen molar-refractivity contribution in [3.8, 4) is 11.5 Å². The van der Waals surface area contributed by atoms with Crippen LogP contribution in [-0.4, -0.2) is 20.1 Å². The van der Waals surface area contributed by atoms with E-state index < -0.39 is 0 Å². The average molecular weight is 326 g/mol. The van der Waals surface area contributed by atoms with Gasteiger partial charge in [0.15, 0.2) is 17.3 Å². The molecule has 116 valence electrons. The lowest BCUT2D eigenvalue weighted by Crippen LogP contribution is -1.99. The molecule has 3 aromatic heterocycles. The molecule has 7 heteroatoms. The van der Waals surface area contributed by atoms with E-state index in [1.807, 2.05) is 18.2 Å². The third-order valence-corrected chi connectivity index (χ3v) is 3.84. The maximum atomic E-state index is 9.31. The molecule has 0 amide bonds. The van der Waals surface area contributed by atoms with Gasteiger partial charge in [-0.05, 0) is 24.3 Å². The van der Waals surface area contributed by atoms with E-state index in [1.165, 1.54) is 11.8 Å². The molecule has 0 saturated heterocycles. The largest absolute Gasteiger partial charge is 0.451 e. The fraction of sp³-hybridized carbons (Fsp3) is 0.0625.